The first kappa shape index (κ1) is 43.4. The standard InChI is InChI=1S/C44H52F2N10O7/c1-24(2)55-23-44(45,46)42(62)53(4)33-22-47-43(51-37(33)55)49-30-13-12-25(20-34(30)63-5)38(58)48-26-8-6-9-28(21-26)52(3)27-16-18-54(19-17-27)31-11-7-10-29-36(31)41(61)56(40(29)60)32-14-15-35(57)50-39(32)59/h7,10-13,20,22,24,26-28,32H,6,8-9,14-19,21,23H2,1-5H3,(H,48,58)(H,47,49,51)(H,50,57,59). The zero-order chi connectivity index (χ0) is 44.9. The van der Waals surface area contributed by atoms with E-state index >= 15 is 0 Å². The Hall–Kier alpha value is -6.24. The van der Waals surface area contributed by atoms with Crippen LogP contribution in [0, 0.1) is 0 Å². The van der Waals surface area contributed by atoms with Crippen LogP contribution in [0.3, 0.4) is 0 Å². The highest BCUT2D eigenvalue weighted by molar-refractivity contribution is 6.25. The summed E-state index contributed by atoms with van der Waals surface area (Å²) >= 11 is 0. The van der Waals surface area contributed by atoms with Crippen LogP contribution in [-0.2, 0) is 14.4 Å². The van der Waals surface area contributed by atoms with Crippen molar-refractivity contribution in [3.05, 3.63) is 59.3 Å². The van der Waals surface area contributed by atoms with Crippen molar-refractivity contribution < 1.29 is 42.3 Å². The number of rotatable bonds is 10. The van der Waals surface area contributed by atoms with E-state index in [0.29, 0.717) is 41.3 Å². The van der Waals surface area contributed by atoms with Gasteiger partial charge in [0.05, 0.1) is 42.4 Å². The van der Waals surface area contributed by atoms with Crippen LogP contribution in [0.2, 0.25) is 0 Å². The van der Waals surface area contributed by atoms with E-state index in [1.807, 2.05) is 6.07 Å². The molecular weight excluding hydrogens is 819 g/mol. The Labute approximate surface area is 363 Å². The van der Waals surface area contributed by atoms with Crippen molar-refractivity contribution in [3.63, 3.8) is 0 Å². The van der Waals surface area contributed by atoms with Gasteiger partial charge < -0.3 is 35.0 Å². The van der Waals surface area contributed by atoms with Gasteiger partial charge in [0, 0.05) is 56.3 Å². The molecule has 5 aliphatic rings. The van der Waals surface area contributed by atoms with Crippen molar-refractivity contribution in [2.24, 2.45) is 0 Å². The second kappa shape index (κ2) is 17.1. The molecule has 2 saturated heterocycles. The minimum atomic E-state index is -3.62. The molecule has 4 aliphatic heterocycles. The van der Waals surface area contributed by atoms with Gasteiger partial charge in [-0.25, -0.2) is 4.98 Å². The third-order valence-electron chi connectivity index (χ3n) is 13.1. The summed E-state index contributed by atoms with van der Waals surface area (Å²) in [6.07, 6.45) is 6.68. The Morgan fingerprint density at radius 3 is 2.46 bits per heavy atom. The SMILES string of the molecule is COc1cc(C(=O)NC2CCCC(N(C)C3CCN(c4cccc5c4C(=O)N(C4CCC(=O)NC4=O)C5=O)CC3)C2)ccc1Nc1ncc2c(n1)N(C(C)C)CC(F)(F)C(=O)N2C. The van der Waals surface area contributed by atoms with Crippen molar-refractivity contribution in [1.82, 2.24) is 30.4 Å². The van der Waals surface area contributed by atoms with Gasteiger partial charge in [-0.2, -0.15) is 13.8 Å². The highest BCUT2D eigenvalue weighted by atomic mass is 19.3. The fourth-order valence-electron chi connectivity index (χ4n) is 9.58. The number of piperidine rings is 2. The second-order valence-corrected chi connectivity index (χ2v) is 17.3. The van der Waals surface area contributed by atoms with Gasteiger partial charge in [-0.1, -0.05) is 6.07 Å². The topological polar surface area (TPSA) is 190 Å². The van der Waals surface area contributed by atoms with Crippen LogP contribution >= 0.6 is 0 Å². The molecule has 3 N–H and O–H groups in total. The number of alkyl halides is 2. The monoisotopic (exact) mass is 870 g/mol. The van der Waals surface area contributed by atoms with Gasteiger partial charge in [-0.15, -0.1) is 0 Å². The largest absolute Gasteiger partial charge is 0.495 e. The number of methoxy groups -OCH3 is 1. The predicted octanol–water partition coefficient (Wildman–Crippen LogP) is 4.10. The van der Waals surface area contributed by atoms with Gasteiger partial charge in [0.1, 0.15) is 17.5 Å². The number of hydrogen-bond acceptors (Lipinski definition) is 13. The van der Waals surface area contributed by atoms with E-state index in [1.165, 1.54) is 25.3 Å². The average Bonchev–Trinajstić information content (AvgIpc) is 3.49. The highest BCUT2D eigenvalue weighted by Crippen LogP contribution is 2.39. The lowest BCUT2D eigenvalue weighted by Gasteiger charge is -2.43. The molecule has 8 rings (SSSR count). The molecule has 0 radical (unpaired) electrons. The molecule has 0 spiro atoms. The summed E-state index contributed by atoms with van der Waals surface area (Å²) in [6.45, 7) is 3.98. The fraction of sp³-hybridized carbons (Fsp3) is 0.500. The normalized spacial score (nSPS) is 22.9. The maximum absolute atomic E-state index is 14.8. The lowest BCUT2D eigenvalue weighted by molar-refractivity contribution is -0.140. The summed E-state index contributed by atoms with van der Waals surface area (Å²) in [5.74, 6) is -6.67. The molecule has 1 saturated carbocycles. The Kier molecular flexibility index (Phi) is 11.8. The molecule has 3 aromatic rings. The molecule has 3 unspecified atom stereocenters. The fourth-order valence-corrected chi connectivity index (χ4v) is 9.58. The summed E-state index contributed by atoms with van der Waals surface area (Å²) in [4.78, 5) is 94.3. The van der Waals surface area contributed by atoms with E-state index in [-0.39, 0.29) is 59.9 Å². The van der Waals surface area contributed by atoms with Crippen LogP contribution in [0.1, 0.15) is 96.3 Å². The molecule has 3 atom stereocenters. The lowest BCUT2D eigenvalue weighted by atomic mass is 9.88. The molecule has 1 aliphatic carbocycles. The Balaban J connectivity index is 0.877. The Morgan fingerprint density at radius 1 is 0.984 bits per heavy atom. The van der Waals surface area contributed by atoms with Gasteiger partial charge in [0.2, 0.25) is 17.8 Å². The number of carbonyl (C=O) groups excluding carboxylic acids is 6. The van der Waals surface area contributed by atoms with Crippen molar-refractivity contribution >= 4 is 64.3 Å². The van der Waals surface area contributed by atoms with E-state index < -0.39 is 54.1 Å². The lowest BCUT2D eigenvalue weighted by Crippen LogP contribution is -2.54. The zero-order valence-electron chi connectivity index (χ0n) is 36.0. The van der Waals surface area contributed by atoms with Crippen molar-refractivity contribution in [2.45, 2.75) is 101 Å². The molecule has 19 heteroatoms. The van der Waals surface area contributed by atoms with Gasteiger partial charge in [-0.05, 0) is 96.2 Å². The van der Waals surface area contributed by atoms with Crippen LogP contribution in [0.5, 0.6) is 5.75 Å². The quantitative estimate of drug-likeness (QED) is 0.247. The number of imide groups is 2. The van der Waals surface area contributed by atoms with E-state index in [4.69, 9.17) is 4.74 Å². The number of carbonyl (C=O) groups is 6. The number of benzene rings is 2. The van der Waals surface area contributed by atoms with Crippen LogP contribution in [0.15, 0.2) is 42.6 Å². The molecule has 6 amide bonds. The number of aromatic nitrogens is 2. The smallest absolute Gasteiger partial charge is 0.342 e. The minimum absolute atomic E-state index is 0.0559. The van der Waals surface area contributed by atoms with Gasteiger partial charge in [0.25, 0.3) is 23.6 Å². The molecule has 334 valence electrons. The minimum Gasteiger partial charge on any atom is -0.495 e. The summed E-state index contributed by atoms with van der Waals surface area (Å²) in [7, 11) is 4.88. The maximum atomic E-state index is 14.8. The molecule has 3 fully saturated rings. The third kappa shape index (κ3) is 8.25. The molecular formula is C44H52F2N10O7. The maximum Gasteiger partial charge on any atom is 0.342 e. The number of anilines is 5. The number of nitrogens with one attached hydrogen (secondary N) is 3. The first-order valence-electron chi connectivity index (χ1n) is 21.4. The van der Waals surface area contributed by atoms with Crippen molar-refractivity contribution in [3.8, 4) is 5.75 Å². The molecule has 5 heterocycles. The third-order valence-corrected chi connectivity index (χ3v) is 13.1. The predicted molar refractivity (Wildman–Crippen MR) is 229 cm³/mol. The Bertz CT molecular complexity index is 2350. The van der Waals surface area contributed by atoms with Gasteiger partial charge in [-0.3, -0.25) is 39.0 Å². The van der Waals surface area contributed by atoms with E-state index in [1.54, 1.807) is 44.2 Å². The van der Waals surface area contributed by atoms with E-state index in [0.717, 1.165) is 48.3 Å². The number of nitrogens with zero attached hydrogens (tertiary/aromatic N) is 7. The van der Waals surface area contributed by atoms with Crippen molar-refractivity contribution in [2.75, 3.05) is 60.9 Å². The molecule has 63 heavy (non-hydrogen) atoms. The van der Waals surface area contributed by atoms with E-state index in [2.05, 4.69) is 42.8 Å². The van der Waals surface area contributed by atoms with Gasteiger partial charge in [0.15, 0.2) is 5.82 Å². The molecule has 1 aromatic heterocycles. The zero-order valence-corrected chi connectivity index (χ0v) is 36.0. The first-order chi connectivity index (χ1) is 30.1. The van der Waals surface area contributed by atoms with Crippen molar-refractivity contribution in [1.29, 1.82) is 0 Å². The number of hydrogen-bond donors (Lipinski definition) is 3. The number of ether oxygens (including phenoxy) is 1. The molecule has 17 nitrogen and oxygen atoms in total. The van der Waals surface area contributed by atoms with Crippen LogP contribution < -0.4 is 35.4 Å². The Morgan fingerprint density at radius 2 is 1.75 bits per heavy atom. The van der Waals surface area contributed by atoms with Crippen LogP contribution in [0.25, 0.3) is 0 Å². The van der Waals surface area contributed by atoms with Gasteiger partial charge >= 0.3 is 5.92 Å². The second-order valence-electron chi connectivity index (χ2n) is 17.3. The number of halogens is 2. The summed E-state index contributed by atoms with van der Waals surface area (Å²) in [6, 6.07) is 9.20. The summed E-state index contributed by atoms with van der Waals surface area (Å²) < 4.78 is 35.3. The van der Waals surface area contributed by atoms with Crippen LogP contribution in [0.4, 0.5) is 37.6 Å². The van der Waals surface area contributed by atoms with E-state index in [9.17, 15) is 37.5 Å². The summed E-state index contributed by atoms with van der Waals surface area (Å²) in [5.41, 5.74) is 2.24. The van der Waals surface area contributed by atoms with Crippen LogP contribution in [-0.4, -0.2) is 132 Å². The molecule has 2 aromatic carbocycles. The number of fused-ring (bicyclic) bond motifs is 2. The number of amides is 6. The summed E-state index contributed by atoms with van der Waals surface area (Å²) in [5, 5.41) is 8.56. The average molecular weight is 871 g/mol. The first-order valence-corrected chi connectivity index (χ1v) is 21.4. The highest BCUT2D eigenvalue weighted by Gasteiger charge is 2.48. The molecule has 0 bridgehead atoms.